The molecule has 0 radical (unpaired) electrons. The van der Waals surface area contributed by atoms with Crippen molar-refractivity contribution in [2.24, 2.45) is 0 Å². The standard InChI is InChI=1S/C14H12BrN3/c15-13-3-1-2-11(6-13)9-17-10-12-4-5-18-14(7-12)8-16/h1-7,17H,9-10H2. The summed E-state index contributed by atoms with van der Waals surface area (Å²) in [5, 5.41) is 12.1. The third-order valence-corrected chi connectivity index (χ3v) is 2.98. The lowest BCUT2D eigenvalue weighted by Gasteiger charge is -2.05. The van der Waals surface area contributed by atoms with E-state index in [4.69, 9.17) is 5.26 Å². The van der Waals surface area contributed by atoms with Gasteiger partial charge in [-0.2, -0.15) is 5.26 Å². The lowest BCUT2D eigenvalue weighted by atomic mass is 10.2. The molecule has 1 heterocycles. The van der Waals surface area contributed by atoms with Gasteiger partial charge in [0, 0.05) is 23.8 Å². The number of hydrogen-bond donors (Lipinski definition) is 1. The molecule has 2 rings (SSSR count). The summed E-state index contributed by atoms with van der Waals surface area (Å²) in [6, 6.07) is 13.9. The zero-order chi connectivity index (χ0) is 12.8. The molecule has 0 aliphatic carbocycles. The van der Waals surface area contributed by atoms with Crippen molar-refractivity contribution in [2.45, 2.75) is 13.1 Å². The number of halogens is 1. The van der Waals surface area contributed by atoms with Crippen molar-refractivity contribution in [1.82, 2.24) is 10.3 Å². The van der Waals surface area contributed by atoms with E-state index < -0.39 is 0 Å². The molecule has 2 aromatic rings. The highest BCUT2D eigenvalue weighted by molar-refractivity contribution is 9.10. The lowest BCUT2D eigenvalue weighted by Crippen LogP contribution is -2.12. The number of pyridine rings is 1. The molecule has 1 N–H and O–H groups in total. The molecule has 1 aromatic heterocycles. The third-order valence-electron chi connectivity index (χ3n) is 2.49. The molecule has 0 amide bonds. The Labute approximate surface area is 115 Å². The quantitative estimate of drug-likeness (QED) is 0.944. The second-order valence-corrected chi connectivity index (χ2v) is 4.81. The van der Waals surface area contributed by atoms with Gasteiger partial charge in [-0.15, -0.1) is 0 Å². The van der Waals surface area contributed by atoms with Crippen LogP contribution in [0.2, 0.25) is 0 Å². The van der Waals surface area contributed by atoms with Gasteiger partial charge in [0.2, 0.25) is 0 Å². The second kappa shape index (κ2) is 6.29. The van der Waals surface area contributed by atoms with Gasteiger partial charge >= 0.3 is 0 Å². The van der Waals surface area contributed by atoms with Crippen molar-refractivity contribution in [3.05, 3.63) is 63.9 Å². The Kier molecular flexibility index (Phi) is 4.46. The molecule has 0 unspecified atom stereocenters. The Hall–Kier alpha value is -1.70. The topological polar surface area (TPSA) is 48.7 Å². The summed E-state index contributed by atoms with van der Waals surface area (Å²) < 4.78 is 1.08. The number of nitriles is 1. The van der Waals surface area contributed by atoms with E-state index in [2.05, 4.69) is 38.4 Å². The first-order chi connectivity index (χ1) is 8.78. The molecular weight excluding hydrogens is 290 g/mol. The predicted octanol–water partition coefficient (Wildman–Crippen LogP) is 3.01. The van der Waals surface area contributed by atoms with Gasteiger partial charge in [-0.05, 0) is 35.4 Å². The van der Waals surface area contributed by atoms with Gasteiger partial charge in [0.15, 0.2) is 0 Å². The zero-order valence-electron chi connectivity index (χ0n) is 9.73. The van der Waals surface area contributed by atoms with E-state index >= 15 is 0 Å². The van der Waals surface area contributed by atoms with Crippen LogP contribution < -0.4 is 5.32 Å². The molecule has 0 saturated carbocycles. The third kappa shape index (κ3) is 3.66. The maximum Gasteiger partial charge on any atom is 0.140 e. The largest absolute Gasteiger partial charge is 0.309 e. The van der Waals surface area contributed by atoms with Crippen molar-refractivity contribution < 1.29 is 0 Å². The average Bonchev–Trinajstić information content (AvgIpc) is 2.39. The van der Waals surface area contributed by atoms with Gasteiger partial charge in [0.05, 0.1) is 0 Å². The van der Waals surface area contributed by atoms with Crippen LogP contribution in [0.25, 0.3) is 0 Å². The van der Waals surface area contributed by atoms with Gasteiger partial charge in [-0.25, -0.2) is 4.98 Å². The molecule has 0 aliphatic rings. The Bertz CT molecular complexity index is 575. The van der Waals surface area contributed by atoms with Crippen LogP contribution in [0.1, 0.15) is 16.8 Å². The molecule has 0 aliphatic heterocycles. The second-order valence-electron chi connectivity index (χ2n) is 3.89. The highest BCUT2D eigenvalue weighted by Crippen LogP contribution is 2.11. The Morgan fingerprint density at radius 3 is 2.67 bits per heavy atom. The lowest BCUT2D eigenvalue weighted by molar-refractivity contribution is 0.692. The monoisotopic (exact) mass is 301 g/mol. The van der Waals surface area contributed by atoms with E-state index in [0.717, 1.165) is 23.1 Å². The van der Waals surface area contributed by atoms with E-state index in [1.807, 2.05) is 24.3 Å². The number of aromatic nitrogens is 1. The number of benzene rings is 1. The van der Waals surface area contributed by atoms with Gasteiger partial charge in [0.1, 0.15) is 11.8 Å². The Morgan fingerprint density at radius 1 is 1.17 bits per heavy atom. The molecule has 0 saturated heterocycles. The first-order valence-corrected chi connectivity index (χ1v) is 6.37. The van der Waals surface area contributed by atoms with Crippen LogP contribution in [0.5, 0.6) is 0 Å². The summed E-state index contributed by atoms with van der Waals surface area (Å²) in [7, 11) is 0. The van der Waals surface area contributed by atoms with Gasteiger partial charge in [0.25, 0.3) is 0 Å². The molecule has 18 heavy (non-hydrogen) atoms. The number of hydrogen-bond acceptors (Lipinski definition) is 3. The summed E-state index contributed by atoms with van der Waals surface area (Å²) in [4.78, 5) is 3.94. The molecule has 90 valence electrons. The molecular formula is C14H12BrN3. The summed E-state index contributed by atoms with van der Waals surface area (Å²) in [5.74, 6) is 0. The van der Waals surface area contributed by atoms with E-state index in [-0.39, 0.29) is 0 Å². The van der Waals surface area contributed by atoms with Crippen molar-refractivity contribution in [2.75, 3.05) is 0 Å². The smallest absolute Gasteiger partial charge is 0.140 e. The highest BCUT2D eigenvalue weighted by atomic mass is 79.9. The molecule has 4 heteroatoms. The average molecular weight is 302 g/mol. The number of nitrogens with one attached hydrogen (secondary N) is 1. The number of nitrogens with zero attached hydrogens (tertiary/aromatic N) is 2. The Balaban J connectivity index is 1.90. The fourth-order valence-electron chi connectivity index (χ4n) is 1.64. The van der Waals surface area contributed by atoms with Crippen molar-refractivity contribution in [3.63, 3.8) is 0 Å². The minimum Gasteiger partial charge on any atom is -0.309 e. The SMILES string of the molecule is N#Cc1cc(CNCc2cccc(Br)c2)ccn1. The maximum atomic E-state index is 8.76. The molecule has 0 spiro atoms. The number of rotatable bonds is 4. The van der Waals surface area contributed by atoms with Crippen LogP contribution in [-0.2, 0) is 13.1 Å². The van der Waals surface area contributed by atoms with Crippen molar-refractivity contribution in [1.29, 1.82) is 5.26 Å². The summed E-state index contributed by atoms with van der Waals surface area (Å²) in [5.41, 5.74) is 2.74. The molecule has 0 bridgehead atoms. The first kappa shape index (κ1) is 12.7. The maximum absolute atomic E-state index is 8.76. The van der Waals surface area contributed by atoms with Gasteiger partial charge < -0.3 is 5.32 Å². The summed E-state index contributed by atoms with van der Waals surface area (Å²) >= 11 is 3.45. The van der Waals surface area contributed by atoms with E-state index in [1.54, 1.807) is 12.3 Å². The summed E-state index contributed by atoms with van der Waals surface area (Å²) in [6.07, 6.45) is 1.66. The predicted molar refractivity (Wildman–Crippen MR) is 73.6 cm³/mol. The van der Waals surface area contributed by atoms with E-state index in [9.17, 15) is 0 Å². The Morgan fingerprint density at radius 2 is 1.94 bits per heavy atom. The van der Waals surface area contributed by atoms with Gasteiger partial charge in [-0.1, -0.05) is 28.1 Å². The fourth-order valence-corrected chi connectivity index (χ4v) is 2.09. The zero-order valence-corrected chi connectivity index (χ0v) is 11.3. The molecule has 3 nitrogen and oxygen atoms in total. The summed E-state index contributed by atoms with van der Waals surface area (Å²) in [6.45, 7) is 1.52. The fraction of sp³-hybridized carbons (Fsp3) is 0.143. The first-order valence-electron chi connectivity index (χ1n) is 5.58. The van der Waals surface area contributed by atoms with Crippen LogP contribution in [0, 0.1) is 11.3 Å². The van der Waals surface area contributed by atoms with Crippen LogP contribution in [0.15, 0.2) is 47.1 Å². The van der Waals surface area contributed by atoms with E-state index in [1.165, 1.54) is 5.56 Å². The minimum absolute atomic E-state index is 0.455. The normalized spacial score (nSPS) is 10.0. The molecule has 1 aromatic carbocycles. The molecule has 0 fully saturated rings. The van der Waals surface area contributed by atoms with Crippen molar-refractivity contribution >= 4 is 15.9 Å². The van der Waals surface area contributed by atoms with E-state index in [0.29, 0.717) is 5.69 Å². The van der Waals surface area contributed by atoms with Crippen LogP contribution in [0.3, 0.4) is 0 Å². The molecule has 0 atom stereocenters. The van der Waals surface area contributed by atoms with Crippen LogP contribution in [0.4, 0.5) is 0 Å². The highest BCUT2D eigenvalue weighted by Gasteiger charge is 1.97. The van der Waals surface area contributed by atoms with Crippen LogP contribution in [-0.4, -0.2) is 4.98 Å². The van der Waals surface area contributed by atoms with Crippen molar-refractivity contribution in [3.8, 4) is 6.07 Å². The van der Waals surface area contributed by atoms with Crippen LogP contribution >= 0.6 is 15.9 Å². The minimum atomic E-state index is 0.455. The van der Waals surface area contributed by atoms with Gasteiger partial charge in [-0.3, -0.25) is 0 Å².